The number of hydrogen-bond acceptors (Lipinski definition) is 3. The predicted molar refractivity (Wildman–Crippen MR) is 120 cm³/mol. The Labute approximate surface area is 182 Å². The lowest BCUT2D eigenvalue weighted by Gasteiger charge is -2.11. The van der Waals surface area contributed by atoms with Crippen LogP contribution in [0.2, 0.25) is 10.0 Å². The molecular formula is C23H16Cl2N2O3. The van der Waals surface area contributed by atoms with Gasteiger partial charge < -0.3 is 15.1 Å². The first-order valence-corrected chi connectivity index (χ1v) is 9.83. The van der Waals surface area contributed by atoms with E-state index in [1.165, 1.54) is 6.07 Å². The van der Waals surface area contributed by atoms with Crippen molar-refractivity contribution in [3.05, 3.63) is 93.7 Å². The Morgan fingerprint density at radius 3 is 2.37 bits per heavy atom. The Morgan fingerprint density at radius 1 is 0.833 bits per heavy atom. The van der Waals surface area contributed by atoms with Crippen molar-refractivity contribution in [2.24, 2.45) is 0 Å². The van der Waals surface area contributed by atoms with Gasteiger partial charge in [-0.15, -0.1) is 0 Å². The second kappa shape index (κ2) is 8.22. The van der Waals surface area contributed by atoms with Gasteiger partial charge >= 0.3 is 0 Å². The number of amides is 2. The van der Waals surface area contributed by atoms with E-state index in [1.54, 1.807) is 36.4 Å². The fourth-order valence-corrected chi connectivity index (χ4v) is 3.30. The van der Waals surface area contributed by atoms with Gasteiger partial charge in [-0.1, -0.05) is 41.4 Å². The Balaban J connectivity index is 1.47. The molecule has 7 heteroatoms. The third kappa shape index (κ3) is 4.17. The minimum atomic E-state index is -0.345. The Bertz CT molecular complexity index is 1250. The molecule has 0 atom stereocenters. The number of para-hydroxylation sites is 1. The first kappa shape index (κ1) is 20.0. The van der Waals surface area contributed by atoms with Gasteiger partial charge in [-0.3, -0.25) is 9.59 Å². The van der Waals surface area contributed by atoms with Crippen molar-refractivity contribution in [1.29, 1.82) is 0 Å². The van der Waals surface area contributed by atoms with Gasteiger partial charge in [0.25, 0.3) is 11.8 Å². The van der Waals surface area contributed by atoms with Gasteiger partial charge in [0.05, 0.1) is 10.0 Å². The summed E-state index contributed by atoms with van der Waals surface area (Å²) in [6, 6.07) is 19.0. The number of benzene rings is 3. The number of rotatable bonds is 4. The number of nitrogens with one attached hydrogen (secondary N) is 2. The highest BCUT2D eigenvalue weighted by Gasteiger charge is 2.14. The molecule has 5 nitrogen and oxygen atoms in total. The Kier molecular flexibility index (Phi) is 5.48. The SMILES string of the molecule is Cc1cc(NC(=O)c2ccc(Cl)c(Cl)c2)ccc1NC(=O)c1cc2ccccc2o1. The Hall–Kier alpha value is -3.28. The largest absolute Gasteiger partial charge is 0.451 e. The van der Waals surface area contributed by atoms with Crippen LogP contribution in [0.15, 0.2) is 71.1 Å². The monoisotopic (exact) mass is 438 g/mol. The molecule has 0 aliphatic carbocycles. The molecule has 0 fully saturated rings. The standard InChI is InChI=1S/C23H16Cl2N2O3/c1-13-10-16(26-22(28)15-6-8-17(24)18(25)11-15)7-9-19(13)27-23(29)21-12-14-4-2-3-5-20(14)30-21/h2-12H,1H3,(H,26,28)(H,27,29). The number of furan rings is 1. The molecule has 0 aliphatic heterocycles. The van der Waals surface area contributed by atoms with E-state index in [4.69, 9.17) is 27.6 Å². The van der Waals surface area contributed by atoms with Crippen molar-refractivity contribution >= 4 is 57.4 Å². The van der Waals surface area contributed by atoms with Crippen LogP contribution in [0.5, 0.6) is 0 Å². The fraction of sp³-hybridized carbons (Fsp3) is 0.0435. The molecule has 2 amide bonds. The van der Waals surface area contributed by atoms with E-state index >= 15 is 0 Å². The van der Waals surface area contributed by atoms with Crippen LogP contribution in [0.1, 0.15) is 26.5 Å². The van der Waals surface area contributed by atoms with Crippen LogP contribution in [0.4, 0.5) is 11.4 Å². The van der Waals surface area contributed by atoms with E-state index < -0.39 is 0 Å². The molecule has 150 valence electrons. The highest BCUT2D eigenvalue weighted by molar-refractivity contribution is 6.42. The first-order valence-electron chi connectivity index (χ1n) is 9.08. The zero-order valence-electron chi connectivity index (χ0n) is 15.8. The molecule has 0 bridgehead atoms. The molecule has 4 aromatic rings. The third-order valence-corrected chi connectivity index (χ3v) is 5.30. The van der Waals surface area contributed by atoms with Crippen molar-refractivity contribution in [3.8, 4) is 0 Å². The van der Waals surface area contributed by atoms with Crippen LogP contribution >= 0.6 is 23.2 Å². The topological polar surface area (TPSA) is 71.3 Å². The number of hydrogen-bond donors (Lipinski definition) is 2. The van der Waals surface area contributed by atoms with Crippen molar-refractivity contribution in [2.45, 2.75) is 6.92 Å². The molecule has 0 saturated heterocycles. The maximum atomic E-state index is 12.5. The highest BCUT2D eigenvalue weighted by atomic mass is 35.5. The average molecular weight is 439 g/mol. The summed E-state index contributed by atoms with van der Waals surface area (Å²) in [4.78, 5) is 25.0. The van der Waals surface area contributed by atoms with E-state index in [2.05, 4.69) is 10.6 Å². The summed E-state index contributed by atoms with van der Waals surface area (Å²) in [6.07, 6.45) is 0. The highest BCUT2D eigenvalue weighted by Crippen LogP contribution is 2.25. The van der Waals surface area contributed by atoms with E-state index in [1.807, 2.05) is 31.2 Å². The molecule has 3 aromatic carbocycles. The molecule has 1 heterocycles. The van der Waals surface area contributed by atoms with Crippen molar-refractivity contribution in [3.63, 3.8) is 0 Å². The molecule has 0 radical (unpaired) electrons. The minimum absolute atomic E-state index is 0.229. The van der Waals surface area contributed by atoms with Gasteiger partial charge in [0, 0.05) is 22.3 Å². The van der Waals surface area contributed by atoms with Gasteiger partial charge in [0.1, 0.15) is 5.58 Å². The first-order chi connectivity index (χ1) is 14.4. The maximum absolute atomic E-state index is 12.5. The molecule has 0 spiro atoms. The quantitative estimate of drug-likeness (QED) is 0.379. The van der Waals surface area contributed by atoms with Crippen LogP contribution in [0, 0.1) is 6.92 Å². The molecule has 1 aromatic heterocycles. The number of carbonyl (C=O) groups excluding carboxylic acids is 2. The lowest BCUT2D eigenvalue weighted by molar-refractivity contribution is 0.0996. The van der Waals surface area contributed by atoms with Crippen LogP contribution < -0.4 is 10.6 Å². The summed E-state index contributed by atoms with van der Waals surface area (Å²) in [5, 5.41) is 7.19. The zero-order chi connectivity index (χ0) is 21.3. The van der Waals surface area contributed by atoms with Crippen LogP contribution in [0.3, 0.4) is 0 Å². The van der Waals surface area contributed by atoms with E-state index in [-0.39, 0.29) is 17.6 Å². The fourth-order valence-electron chi connectivity index (χ4n) is 3.00. The van der Waals surface area contributed by atoms with Gasteiger partial charge in [-0.2, -0.15) is 0 Å². The van der Waals surface area contributed by atoms with Crippen molar-refractivity contribution < 1.29 is 14.0 Å². The van der Waals surface area contributed by atoms with E-state index in [0.717, 1.165) is 10.9 Å². The number of halogens is 2. The van der Waals surface area contributed by atoms with E-state index in [9.17, 15) is 9.59 Å². The number of carbonyl (C=O) groups is 2. The molecular weight excluding hydrogens is 423 g/mol. The molecule has 0 saturated carbocycles. The van der Waals surface area contributed by atoms with Gasteiger partial charge in [-0.05, 0) is 61.0 Å². The molecule has 0 unspecified atom stereocenters. The summed E-state index contributed by atoms with van der Waals surface area (Å²) in [5.74, 6) is -0.429. The predicted octanol–water partition coefficient (Wildman–Crippen LogP) is 6.55. The number of aryl methyl sites for hydroxylation is 1. The van der Waals surface area contributed by atoms with Crippen LogP contribution in [-0.4, -0.2) is 11.8 Å². The third-order valence-electron chi connectivity index (χ3n) is 4.56. The Morgan fingerprint density at radius 2 is 1.63 bits per heavy atom. The second-order valence-electron chi connectivity index (χ2n) is 6.72. The molecule has 0 aliphatic rings. The van der Waals surface area contributed by atoms with Crippen molar-refractivity contribution in [1.82, 2.24) is 0 Å². The second-order valence-corrected chi connectivity index (χ2v) is 7.53. The van der Waals surface area contributed by atoms with Crippen LogP contribution in [-0.2, 0) is 0 Å². The zero-order valence-corrected chi connectivity index (χ0v) is 17.3. The van der Waals surface area contributed by atoms with Gasteiger partial charge in [0.2, 0.25) is 0 Å². The summed E-state index contributed by atoms with van der Waals surface area (Å²) in [7, 11) is 0. The van der Waals surface area contributed by atoms with E-state index in [0.29, 0.717) is 32.6 Å². The minimum Gasteiger partial charge on any atom is -0.451 e. The molecule has 4 rings (SSSR count). The summed E-state index contributed by atoms with van der Waals surface area (Å²) < 4.78 is 5.60. The number of fused-ring (bicyclic) bond motifs is 1. The average Bonchev–Trinajstić information content (AvgIpc) is 3.16. The molecule has 2 N–H and O–H groups in total. The summed E-state index contributed by atoms with van der Waals surface area (Å²) in [6.45, 7) is 1.84. The van der Waals surface area contributed by atoms with Crippen LogP contribution in [0.25, 0.3) is 11.0 Å². The lowest BCUT2D eigenvalue weighted by atomic mass is 10.1. The summed E-state index contributed by atoms with van der Waals surface area (Å²) >= 11 is 11.9. The number of anilines is 2. The molecule has 30 heavy (non-hydrogen) atoms. The van der Waals surface area contributed by atoms with Crippen molar-refractivity contribution in [2.75, 3.05) is 10.6 Å². The van der Waals surface area contributed by atoms with Gasteiger partial charge in [-0.25, -0.2) is 0 Å². The van der Waals surface area contributed by atoms with Gasteiger partial charge in [0.15, 0.2) is 5.76 Å². The smallest absolute Gasteiger partial charge is 0.291 e. The summed E-state index contributed by atoms with van der Waals surface area (Å²) in [5.41, 5.74) is 3.04. The lowest BCUT2D eigenvalue weighted by Crippen LogP contribution is -2.14. The normalized spacial score (nSPS) is 10.8. The maximum Gasteiger partial charge on any atom is 0.291 e.